The van der Waals surface area contributed by atoms with E-state index in [9.17, 15) is 9.18 Å². The van der Waals surface area contributed by atoms with E-state index < -0.39 is 0 Å². The minimum absolute atomic E-state index is 0.213. The molecule has 0 unspecified atom stereocenters. The first-order valence-electron chi connectivity index (χ1n) is 7.81. The van der Waals surface area contributed by atoms with E-state index in [0.29, 0.717) is 24.7 Å². The number of hydrogen-bond acceptors (Lipinski definition) is 5. The number of benzene rings is 1. The van der Waals surface area contributed by atoms with Crippen molar-refractivity contribution in [2.24, 2.45) is 5.92 Å². The fourth-order valence-corrected chi connectivity index (χ4v) is 2.83. The molecule has 1 aromatic carbocycles. The van der Waals surface area contributed by atoms with Gasteiger partial charge >= 0.3 is 0 Å². The van der Waals surface area contributed by atoms with Gasteiger partial charge in [-0.15, -0.1) is 0 Å². The van der Waals surface area contributed by atoms with E-state index in [-0.39, 0.29) is 23.3 Å². The van der Waals surface area contributed by atoms with Crippen molar-refractivity contribution < 1.29 is 13.9 Å². The molecule has 126 valence electrons. The molecule has 1 atom stereocenters. The van der Waals surface area contributed by atoms with E-state index in [1.54, 1.807) is 12.1 Å². The van der Waals surface area contributed by atoms with Crippen molar-refractivity contribution in [2.45, 2.75) is 6.42 Å². The lowest BCUT2D eigenvalue weighted by atomic mass is 10.1. The van der Waals surface area contributed by atoms with E-state index in [2.05, 4.69) is 15.3 Å². The van der Waals surface area contributed by atoms with Gasteiger partial charge in [0.15, 0.2) is 0 Å². The van der Waals surface area contributed by atoms with Gasteiger partial charge in [-0.05, 0) is 24.5 Å². The van der Waals surface area contributed by atoms with Gasteiger partial charge in [0.1, 0.15) is 17.8 Å². The summed E-state index contributed by atoms with van der Waals surface area (Å²) in [6.07, 6.45) is 2.20. The number of nitrogens with zero attached hydrogens (tertiary/aromatic N) is 3. The second kappa shape index (κ2) is 7.25. The predicted molar refractivity (Wildman–Crippen MR) is 87.6 cm³/mol. The van der Waals surface area contributed by atoms with Gasteiger partial charge in [-0.1, -0.05) is 12.1 Å². The van der Waals surface area contributed by atoms with Gasteiger partial charge in [0, 0.05) is 25.7 Å². The highest BCUT2D eigenvalue weighted by molar-refractivity contribution is 5.92. The van der Waals surface area contributed by atoms with Crippen LogP contribution in [0, 0.1) is 11.7 Å². The minimum atomic E-state index is -0.264. The monoisotopic (exact) mass is 330 g/mol. The molecule has 3 rings (SSSR count). The molecule has 0 spiro atoms. The van der Waals surface area contributed by atoms with Crippen LogP contribution in [-0.4, -0.2) is 42.6 Å². The lowest BCUT2D eigenvalue weighted by molar-refractivity contribution is 0.0942. The van der Waals surface area contributed by atoms with Crippen LogP contribution in [0.3, 0.4) is 0 Å². The van der Waals surface area contributed by atoms with E-state index >= 15 is 0 Å². The van der Waals surface area contributed by atoms with Gasteiger partial charge in [-0.2, -0.15) is 0 Å². The number of anilines is 1. The van der Waals surface area contributed by atoms with Crippen LogP contribution in [0.5, 0.6) is 5.88 Å². The molecule has 1 aliphatic rings. The second-order valence-corrected chi connectivity index (χ2v) is 5.71. The molecule has 1 amide bonds. The molecule has 1 N–H and O–H groups in total. The van der Waals surface area contributed by atoms with Gasteiger partial charge in [0.25, 0.3) is 5.91 Å². The van der Waals surface area contributed by atoms with Crippen LogP contribution < -0.4 is 15.0 Å². The van der Waals surface area contributed by atoms with E-state index in [1.807, 2.05) is 11.0 Å². The highest BCUT2D eigenvalue weighted by atomic mass is 19.1. The number of methoxy groups -OCH3 is 1. The standard InChI is InChI=1S/C17H19FN4O2/c1-24-16-8-14(20-11-21-16)17(23)19-9-12-6-7-22(10-12)15-5-3-2-4-13(15)18/h2-5,8,11-12H,6-7,9-10H2,1H3,(H,19,23)/t12-/m1/s1. The summed E-state index contributed by atoms with van der Waals surface area (Å²) in [7, 11) is 1.49. The SMILES string of the molecule is COc1cc(C(=O)NC[C@H]2CCN(c3ccccc3F)C2)ncn1. The lowest BCUT2D eigenvalue weighted by Gasteiger charge is -2.19. The maximum absolute atomic E-state index is 13.8. The van der Waals surface area contributed by atoms with Crippen LogP contribution in [0.25, 0.3) is 0 Å². The molecule has 0 radical (unpaired) electrons. The number of para-hydroxylation sites is 1. The van der Waals surface area contributed by atoms with Gasteiger partial charge < -0.3 is 15.0 Å². The smallest absolute Gasteiger partial charge is 0.270 e. The quantitative estimate of drug-likeness (QED) is 0.907. The summed E-state index contributed by atoms with van der Waals surface area (Å²) in [6, 6.07) is 8.25. The Balaban J connectivity index is 1.54. The first kappa shape index (κ1) is 16.2. The summed E-state index contributed by atoms with van der Waals surface area (Å²) >= 11 is 0. The first-order valence-corrected chi connectivity index (χ1v) is 7.81. The van der Waals surface area contributed by atoms with Crippen molar-refractivity contribution in [3.63, 3.8) is 0 Å². The number of carbonyl (C=O) groups excluding carboxylic acids is 1. The van der Waals surface area contributed by atoms with Crippen molar-refractivity contribution in [3.05, 3.63) is 48.2 Å². The molecule has 1 saturated heterocycles. The zero-order valence-corrected chi connectivity index (χ0v) is 13.4. The summed E-state index contributed by atoms with van der Waals surface area (Å²) in [5.74, 6) is 0.148. The van der Waals surface area contributed by atoms with E-state index in [4.69, 9.17) is 4.74 Å². The fourth-order valence-electron chi connectivity index (χ4n) is 2.83. The largest absolute Gasteiger partial charge is 0.481 e. The van der Waals surface area contributed by atoms with Gasteiger partial charge in [0.2, 0.25) is 5.88 Å². The number of aromatic nitrogens is 2. The van der Waals surface area contributed by atoms with Crippen molar-refractivity contribution >= 4 is 11.6 Å². The molecule has 0 bridgehead atoms. The Labute approximate surface area is 139 Å². The molecular weight excluding hydrogens is 311 g/mol. The van der Waals surface area contributed by atoms with Crippen molar-refractivity contribution in [1.29, 1.82) is 0 Å². The van der Waals surface area contributed by atoms with Gasteiger partial charge in [0.05, 0.1) is 12.8 Å². The molecule has 0 saturated carbocycles. The molecule has 24 heavy (non-hydrogen) atoms. The average molecular weight is 330 g/mol. The fraction of sp³-hybridized carbons (Fsp3) is 0.353. The number of rotatable bonds is 5. The third-order valence-corrected chi connectivity index (χ3v) is 4.11. The van der Waals surface area contributed by atoms with Crippen molar-refractivity contribution in [2.75, 3.05) is 31.6 Å². The second-order valence-electron chi connectivity index (χ2n) is 5.71. The van der Waals surface area contributed by atoms with E-state index in [1.165, 1.54) is 25.6 Å². The van der Waals surface area contributed by atoms with Crippen LogP contribution in [-0.2, 0) is 0 Å². The Morgan fingerprint density at radius 3 is 3.04 bits per heavy atom. The number of carbonyl (C=O) groups is 1. The van der Waals surface area contributed by atoms with Crippen LogP contribution in [0.1, 0.15) is 16.9 Å². The molecular formula is C17H19FN4O2. The predicted octanol–water partition coefficient (Wildman–Crippen LogP) is 1.88. The zero-order valence-electron chi connectivity index (χ0n) is 13.4. The molecule has 2 aromatic rings. The Morgan fingerprint density at radius 2 is 2.25 bits per heavy atom. The highest BCUT2D eigenvalue weighted by Gasteiger charge is 2.25. The first-order chi connectivity index (χ1) is 11.7. The number of hydrogen-bond donors (Lipinski definition) is 1. The molecule has 7 heteroatoms. The summed E-state index contributed by atoms with van der Waals surface area (Å²) < 4.78 is 18.8. The van der Waals surface area contributed by atoms with Gasteiger partial charge in [-0.25, -0.2) is 14.4 Å². The highest BCUT2D eigenvalue weighted by Crippen LogP contribution is 2.25. The maximum Gasteiger partial charge on any atom is 0.270 e. The summed E-state index contributed by atoms with van der Waals surface area (Å²) in [5.41, 5.74) is 0.887. The summed E-state index contributed by atoms with van der Waals surface area (Å²) in [4.78, 5) is 22.0. The number of nitrogens with one attached hydrogen (secondary N) is 1. The molecule has 2 heterocycles. The van der Waals surface area contributed by atoms with Crippen molar-refractivity contribution in [1.82, 2.24) is 15.3 Å². The summed E-state index contributed by atoms with van der Waals surface area (Å²) in [5, 5.41) is 2.87. The average Bonchev–Trinajstić information content (AvgIpc) is 3.09. The summed E-state index contributed by atoms with van der Waals surface area (Å²) in [6.45, 7) is 2.02. The molecule has 1 fully saturated rings. The van der Waals surface area contributed by atoms with Crippen LogP contribution in [0.2, 0.25) is 0 Å². The normalized spacial score (nSPS) is 16.9. The van der Waals surface area contributed by atoms with Crippen LogP contribution >= 0.6 is 0 Å². The lowest BCUT2D eigenvalue weighted by Crippen LogP contribution is -2.31. The third-order valence-electron chi connectivity index (χ3n) is 4.11. The Hall–Kier alpha value is -2.70. The maximum atomic E-state index is 13.8. The molecule has 1 aromatic heterocycles. The van der Waals surface area contributed by atoms with Crippen LogP contribution in [0.4, 0.5) is 10.1 Å². The Bertz CT molecular complexity index is 725. The van der Waals surface area contributed by atoms with E-state index in [0.717, 1.165) is 13.0 Å². The number of ether oxygens (including phenoxy) is 1. The zero-order chi connectivity index (χ0) is 16.9. The Kier molecular flexibility index (Phi) is 4.88. The van der Waals surface area contributed by atoms with Crippen LogP contribution in [0.15, 0.2) is 36.7 Å². The van der Waals surface area contributed by atoms with Crippen molar-refractivity contribution in [3.8, 4) is 5.88 Å². The third kappa shape index (κ3) is 3.61. The molecule has 1 aliphatic heterocycles. The number of amides is 1. The topological polar surface area (TPSA) is 67.3 Å². The molecule has 0 aliphatic carbocycles. The Morgan fingerprint density at radius 1 is 1.42 bits per heavy atom. The minimum Gasteiger partial charge on any atom is -0.481 e. The molecule has 6 nitrogen and oxygen atoms in total. The number of halogens is 1. The van der Waals surface area contributed by atoms with Gasteiger partial charge in [-0.3, -0.25) is 4.79 Å².